The summed E-state index contributed by atoms with van der Waals surface area (Å²) >= 11 is 2.49. The van der Waals surface area contributed by atoms with E-state index in [4.69, 9.17) is 0 Å². The highest BCUT2D eigenvalue weighted by Gasteiger charge is 2.08. The second-order valence-electron chi connectivity index (χ2n) is 3.69. The predicted molar refractivity (Wildman–Crippen MR) is 77.8 cm³/mol. The van der Waals surface area contributed by atoms with Gasteiger partial charge in [0.05, 0.1) is 14.5 Å². The van der Waals surface area contributed by atoms with Crippen LogP contribution in [0.25, 0.3) is 10.1 Å². The minimum absolute atomic E-state index is 0.115. The minimum atomic E-state index is -0.403. The van der Waals surface area contributed by atoms with Gasteiger partial charge in [0.1, 0.15) is 0 Å². The molecule has 0 radical (unpaired) electrons. The molecule has 0 aliphatic heterocycles. The number of fused-ring (bicyclic) bond motifs is 1. The first-order chi connectivity index (χ1) is 9.24. The summed E-state index contributed by atoms with van der Waals surface area (Å²) in [6, 6.07) is 11.0. The van der Waals surface area contributed by atoms with E-state index in [0.717, 1.165) is 26.3 Å². The highest BCUT2D eigenvalue weighted by molar-refractivity contribution is 7.16. The van der Waals surface area contributed by atoms with Gasteiger partial charge in [0.2, 0.25) is 0 Å². The molecule has 2 aromatic heterocycles. The Morgan fingerprint density at radius 2 is 2.11 bits per heavy atom. The van der Waals surface area contributed by atoms with Gasteiger partial charge in [-0.3, -0.25) is 10.1 Å². The molecule has 3 aromatic rings. The van der Waals surface area contributed by atoms with Crippen LogP contribution in [0.3, 0.4) is 0 Å². The van der Waals surface area contributed by atoms with Crippen LogP contribution in [-0.4, -0.2) is 15.5 Å². The SMILES string of the molecule is O=[N+]([O-])c1ccc(C=Nc2nsc3ccccc23)s1. The second-order valence-corrected chi connectivity index (χ2v) is 5.59. The standard InChI is InChI=1S/C12H7N3O2S2/c16-15(17)11-6-5-8(18-11)7-13-12-9-3-1-2-4-10(9)19-14-12/h1-7H. The van der Waals surface area contributed by atoms with E-state index >= 15 is 0 Å². The average Bonchev–Trinajstić information content (AvgIpc) is 3.03. The summed E-state index contributed by atoms with van der Waals surface area (Å²) in [5.74, 6) is 0.650. The summed E-state index contributed by atoms with van der Waals surface area (Å²) < 4.78 is 5.34. The van der Waals surface area contributed by atoms with Crippen molar-refractivity contribution in [1.29, 1.82) is 0 Å². The molecule has 19 heavy (non-hydrogen) atoms. The lowest BCUT2D eigenvalue weighted by molar-refractivity contribution is -0.380. The molecule has 0 aliphatic rings. The Morgan fingerprint density at radius 1 is 1.26 bits per heavy atom. The Hall–Kier alpha value is -2.12. The molecule has 0 aliphatic carbocycles. The van der Waals surface area contributed by atoms with Crippen molar-refractivity contribution in [1.82, 2.24) is 4.37 Å². The van der Waals surface area contributed by atoms with E-state index in [0.29, 0.717) is 5.82 Å². The van der Waals surface area contributed by atoms with Crippen LogP contribution in [0.1, 0.15) is 4.88 Å². The van der Waals surface area contributed by atoms with Crippen molar-refractivity contribution in [2.75, 3.05) is 0 Å². The lowest BCUT2D eigenvalue weighted by Gasteiger charge is -1.88. The van der Waals surface area contributed by atoms with Crippen LogP contribution in [0.5, 0.6) is 0 Å². The predicted octanol–water partition coefficient (Wildman–Crippen LogP) is 4.02. The average molecular weight is 289 g/mol. The molecular weight excluding hydrogens is 282 g/mol. The van der Waals surface area contributed by atoms with Crippen molar-refractivity contribution in [2.24, 2.45) is 4.99 Å². The van der Waals surface area contributed by atoms with Crippen LogP contribution in [0, 0.1) is 10.1 Å². The summed E-state index contributed by atoms with van der Waals surface area (Å²) in [7, 11) is 0. The number of nitro groups is 1. The fourth-order valence-corrected chi connectivity index (χ4v) is 3.02. The van der Waals surface area contributed by atoms with Crippen molar-refractivity contribution < 1.29 is 4.92 Å². The Bertz CT molecular complexity index is 776. The topological polar surface area (TPSA) is 68.4 Å². The van der Waals surface area contributed by atoms with Crippen LogP contribution in [-0.2, 0) is 0 Å². The third-order valence-corrected chi connectivity index (χ3v) is 4.25. The highest BCUT2D eigenvalue weighted by atomic mass is 32.1. The van der Waals surface area contributed by atoms with E-state index in [1.54, 1.807) is 12.3 Å². The van der Waals surface area contributed by atoms with E-state index < -0.39 is 4.92 Å². The van der Waals surface area contributed by atoms with Crippen molar-refractivity contribution >= 4 is 50.0 Å². The van der Waals surface area contributed by atoms with Crippen LogP contribution in [0.15, 0.2) is 41.4 Å². The molecule has 0 unspecified atom stereocenters. The number of nitrogens with zero attached hydrogens (tertiary/aromatic N) is 3. The van der Waals surface area contributed by atoms with E-state index in [9.17, 15) is 10.1 Å². The number of rotatable bonds is 3. The Kier molecular flexibility index (Phi) is 3.06. The maximum absolute atomic E-state index is 10.6. The summed E-state index contributed by atoms with van der Waals surface area (Å²) in [6.45, 7) is 0. The van der Waals surface area contributed by atoms with Crippen LogP contribution in [0.4, 0.5) is 10.8 Å². The number of hydrogen-bond acceptors (Lipinski definition) is 6. The van der Waals surface area contributed by atoms with E-state index in [2.05, 4.69) is 9.37 Å². The van der Waals surface area contributed by atoms with Gasteiger partial charge in [-0.15, -0.1) is 0 Å². The van der Waals surface area contributed by atoms with Gasteiger partial charge in [-0.25, -0.2) is 4.99 Å². The summed E-state index contributed by atoms with van der Waals surface area (Å²) in [5, 5.41) is 11.7. The minimum Gasteiger partial charge on any atom is -0.258 e. The summed E-state index contributed by atoms with van der Waals surface area (Å²) in [6.07, 6.45) is 1.61. The molecule has 0 atom stereocenters. The quantitative estimate of drug-likeness (QED) is 0.415. The van der Waals surface area contributed by atoms with E-state index in [1.165, 1.54) is 17.6 Å². The molecule has 94 valence electrons. The normalized spacial score (nSPS) is 11.4. The van der Waals surface area contributed by atoms with Crippen molar-refractivity contribution in [3.8, 4) is 0 Å². The number of hydrogen-bond donors (Lipinski definition) is 0. The molecule has 0 amide bonds. The monoisotopic (exact) mass is 289 g/mol. The zero-order valence-electron chi connectivity index (χ0n) is 9.52. The first-order valence-corrected chi connectivity index (χ1v) is 6.96. The molecule has 0 fully saturated rings. The van der Waals surface area contributed by atoms with Crippen LogP contribution >= 0.6 is 22.9 Å². The van der Waals surface area contributed by atoms with Gasteiger partial charge < -0.3 is 0 Å². The van der Waals surface area contributed by atoms with E-state index in [-0.39, 0.29) is 5.00 Å². The fraction of sp³-hybridized carbons (Fsp3) is 0. The number of aromatic nitrogens is 1. The lowest BCUT2D eigenvalue weighted by atomic mass is 10.3. The molecule has 1 aromatic carbocycles. The summed E-state index contributed by atoms with van der Waals surface area (Å²) in [4.78, 5) is 15.2. The van der Waals surface area contributed by atoms with Crippen LogP contribution < -0.4 is 0 Å². The first kappa shape index (κ1) is 11.9. The van der Waals surface area contributed by atoms with Gasteiger partial charge in [0.25, 0.3) is 0 Å². The number of thiophene rings is 1. The van der Waals surface area contributed by atoms with Gasteiger partial charge in [0, 0.05) is 17.7 Å². The molecule has 3 rings (SSSR count). The largest absolute Gasteiger partial charge is 0.324 e. The molecular formula is C12H7N3O2S2. The maximum Gasteiger partial charge on any atom is 0.324 e. The zero-order chi connectivity index (χ0) is 13.2. The maximum atomic E-state index is 10.6. The van der Waals surface area contributed by atoms with E-state index in [1.807, 2.05) is 24.3 Å². The summed E-state index contributed by atoms with van der Waals surface area (Å²) in [5.41, 5.74) is 0. The molecule has 0 spiro atoms. The van der Waals surface area contributed by atoms with Gasteiger partial charge in [-0.05, 0) is 29.7 Å². The van der Waals surface area contributed by atoms with Gasteiger partial charge >= 0.3 is 5.00 Å². The molecule has 0 N–H and O–H groups in total. The molecule has 0 saturated carbocycles. The Labute approximate surface area is 116 Å². The molecule has 5 nitrogen and oxygen atoms in total. The molecule has 7 heteroatoms. The zero-order valence-corrected chi connectivity index (χ0v) is 11.1. The first-order valence-electron chi connectivity index (χ1n) is 5.37. The third-order valence-electron chi connectivity index (χ3n) is 2.47. The van der Waals surface area contributed by atoms with Gasteiger partial charge in [-0.1, -0.05) is 23.5 Å². The Morgan fingerprint density at radius 3 is 2.89 bits per heavy atom. The fourth-order valence-electron chi connectivity index (χ4n) is 1.60. The number of benzene rings is 1. The third kappa shape index (κ3) is 2.38. The smallest absolute Gasteiger partial charge is 0.258 e. The Balaban J connectivity index is 1.91. The second kappa shape index (κ2) is 4.87. The van der Waals surface area contributed by atoms with Crippen molar-refractivity contribution in [3.05, 3.63) is 51.4 Å². The van der Waals surface area contributed by atoms with Gasteiger partial charge in [-0.2, -0.15) is 4.37 Å². The molecule has 0 bridgehead atoms. The van der Waals surface area contributed by atoms with Crippen LogP contribution in [0.2, 0.25) is 0 Å². The number of aliphatic imine (C=N–C) groups is 1. The molecule has 0 saturated heterocycles. The lowest BCUT2D eigenvalue weighted by Crippen LogP contribution is -1.80. The van der Waals surface area contributed by atoms with Crippen molar-refractivity contribution in [3.63, 3.8) is 0 Å². The van der Waals surface area contributed by atoms with Crippen molar-refractivity contribution in [2.45, 2.75) is 0 Å². The molecule has 2 heterocycles. The highest BCUT2D eigenvalue weighted by Crippen LogP contribution is 2.29. The van der Waals surface area contributed by atoms with Gasteiger partial charge in [0.15, 0.2) is 5.82 Å².